The van der Waals surface area contributed by atoms with E-state index in [9.17, 15) is 4.79 Å². The van der Waals surface area contributed by atoms with Crippen molar-refractivity contribution in [2.24, 2.45) is 11.1 Å². The zero-order valence-corrected chi connectivity index (χ0v) is 11.2. The highest BCUT2D eigenvalue weighted by Crippen LogP contribution is 2.34. The number of hydrogen-bond donors (Lipinski definition) is 2. The highest BCUT2D eigenvalue weighted by Gasteiger charge is 2.45. The molecule has 0 aromatic carbocycles. The quantitative estimate of drug-likeness (QED) is 0.711. The lowest BCUT2D eigenvalue weighted by Crippen LogP contribution is -2.56. The number of ether oxygens (including phenoxy) is 2. The number of nitrogens with two attached hydrogens (primary N) is 1. The first-order chi connectivity index (χ1) is 7.78. The molecule has 1 heterocycles. The molecule has 0 bridgehead atoms. The van der Waals surface area contributed by atoms with Gasteiger partial charge in [-0.25, -0.2) is 0 Å². The second kappa shape index (κ2) is 5.33. The maximum Gasteiger partial charge on any atom is 0.249 e. The number of carbonyl (C=O) groups excluding carboxylic acids is 1. The summed E-state index contributed by atoms with van der Waals surface area (Å²) in [5.74, 6) is -0.786. The Morgan fingerprint density at radius 2 is 2.06 bits per heavy atom. The van der Waals surface area contributed by atoms with Crippen molar-refractivity contribution in [1.82, 2.24) is 5.32 Å². The first kappa shape index (κ1) is 14.4. The predicted molar refractivity (Wildman–Crippen MR) is 65.4 cm³/mol. The van der Waals surface area contributed by atoms with Crippen LogP contribution in [0.25, 0.3) is 0 Å². The molecule has 0 aromatic rings. The third kappa shape index (κ3) is 3.94. The van der Waals surface area contributed by atoms with Crippen molar-refractivity contribution in [3.8, 4) is 0 Å². The van der Waals surface area contributed by atoms with Gasteiger partial charge in [0.05, 0.1) is 6.61 Å². The minimum atomic E-state index is -0.703. The van der Waals surface area contributed by atoms with Crippen molar-refractivity contribution in [2.75, 3.05) is 19.7 Å². The summed E-state index contributed by atoms with van der Waals surface area (Å²) in [5.41, 5.74) is 5.07. The van der Waals surface area contributed by atoms with Gasteiger partial charge < -0.3 is 20.5 Å². The zero-order chi connectivity index (χ0) is 13.1. The van der Waals surface area contributed by atoms with Crippen LogP contribution in [0.1, 0.15) is 34.1 Å². The Morgan fingerprint density at radius 3 is 2.65 bits per heavy atom. The molecule has 5 nitrogen and oxygen atoms in total. The van der Waals surface area contributed by atoms with Crippen molar-refractivity contribution >= 4 is 5.91 Å². The van der Waals surface area contributed by atoms with Crippen LogP contribution >= 0.6 is 0 Å². The molecule has 1 aliphatic rings. The third-order valence-electron chi connectivity index (χ3n) is 2.82. The topological polar surface area (TPSA) is 73.6 Å². The Labute approximate surface area is 103 Å². The van der Waals surface area contributed by atoms with Gasteiger partial charge in [0.15, 0.2) is 5.79 Å². The molecule has 0 unspecified atom stereocenters. The molecule has 0 radical (unpaired) electrons. The molecule has 3 N–H and O–H groups in total. The Balaban J connectivity index is 2.61. The van der Waals surface area contributed by atoms with E-state index in [0.717, 1.165) is 6.42 Å². The summed E-state index contributed by atoms with van der Waals surface area (Å²) >= 11 is 0. The Morgan fingerprint density at radius 1 is 1.41 bits per heavy atom. The van der Waals surface area contributed by atoms with Gasteiger partial charge in [-0.15, -0.1) is 0 Å². The van der Waals surface area contributed by atoms with Gasteiger partial charge in [0.25, 0.3) is 0 Å². The standard InChI is InChI=1S/C12H24N2O3/c1-11(2)8-16-12(3,4)17-9(11)10(15)14-7-5-6-13/h9H,5-8,13H2,1-4H3,(H,14,15)/t9-/m0/s1. The van der Waals surface area contributed by atoms with Gasteiger partial charge in [-0.05, 0) is 26.8 Å². The average Bonchev–Trinajstić information content (AvgIpc) is 2.22. The van der Waals surface area contributed by atoms with Crippen LogP contribution in [0.4, 0.5) is 0 Å². The number of amides is 1. The molecule has 0 spiro atoms. The second-order valence-electron chi connectivity index (χ2n) is 5.61. The fraction of sp³-hybridized carbons (Fsp3) is 0.917. The molecule has 1 fully saturated rings. The molecule has 1 atom stereocenters. The molecule has 1 saturated heterocycles. The van der Waals surface area contributed by atoms with E-state index in [4.69, 9.17) is 15.2 Å². The third-order valence-corrected chi connectivity index (χ3v) is 2.82. The van der Waals surface area contributed by atoms with Crippen LogP contribution in [0, 0.1) is 5.41 Å². The summed E-state index contributed by atoms with van der Waals surface area (Å²) < 4.78 is 11.3. The van der Waals surface area contributed by atoms with Gasteiger partial charge in [-0.1, -0.05) is 13.8 Å². The van der Waals surface area contributed by atoms with E-state index >= 15 is 0 Å². The number of hydrogen-bond acceptors (Lipinski definition) is 4. The van der Waals surface area contributed by atoms with E-state index in [1.807, 2.05) is 27.7 Å². The molecule has 100 valence electrons. The minimum Gasteiger partial charge on any atom is -0.354 e. The van der Waals surface area contributed by atoms with Crippen LogP contribution in [0.3, 0.4) is 0 Å². The summed E-state index contributed by atoms with van der Waals surface area (Å²) in [6.07, 6.45) is 0.294. The summed E-state index contributed by atoms with van der Waals surface area (Å²) in [6.45, 7) is 9.25. The Hall–Kier alpha value is -0.650. The largest absolute Gasteiger partial charge is 0.354 e. The number of nitrogens with one attached hydrogen (secondary N) is 1. The summed E-state index contributed by atoms with van der Waals surface area (Å²) in [4.78, 5) is 12.0. The predicted octanol–water partition coefficient (Wildman–Crippen LogP) is 0.629. The smallest absolute Gasteiger partial charge is 0.249 e. The van der Waals surface area contributed by atoms with E-state index in [1.165, 1.54) is 0 Å². The molecular weight excluding hydrogens is 220 g/mol. The highest BCUT2D eigenvalue weighted by atomic mass is 16.7. The fourth-order valence-electron chi connectivity index (χ4n) is 1.73. The van der Waals surface area contributed by atoms with Gasteiger partial charge >= 0.3 is 0 Å². The van der Waals surface area contributed by atoms with Crippen molar-refractivity contribution in [3.05, 3.63) is 0 Å². The fourth-order valence-corrected chi connectivity index (χ4v) is 1.73. The van der Waals surface area contributed by atoms with Crippen LogP contribution in [-0.4, -0.2) is 37.5 Å². The van der Waals surface area contributed by atoms with Crippen molar-refractivity contribution < 1.29 is 14.3 Å². The Kier molecular flexibility index (Phi) is 4.52. The first-order valence-corrected chi connectivity index (χ1v) is 6.08. The van der Waals surface area contributed by atoms with Crippen LogP contribution < -0.4 is 11.1 Å². The minimum absolute atomic E-state index is 0.0835. The Bertz CT molecular complexity index is 277. The van der Waals surface area contributed by atoms with Crippen LogP contribution in [0.15, 0.2) is 0 Å². The molecule has 0 saturated carbocycles. The normalized spacial score (nSPS) is 26.5. The van der Waals surface area contributed by atoms with E-state index in [2.05, 4.69) is 5.32 Å². The molecular formula is C12H24N2O3. The lowest BCUT2D eigenvalue weighted by molar-refractivity contribution is -0.304. The monoisotopic (exact) mass is 244 g/mol. The van der Waals surface area contributed by atoms with E-state index in [1.54, 1.807) is 0 Å². The lowest BCUT2D eigenvalue weighted by Gasteiger charge is -2.44. The van der Waals surface area contributed by atoms with Gasteiger partial charge in [0.2, 0.25) is 5.91 Å². The van der Waals surface area contributed by atoms with Crippen LogP contribution in [0.5, 0.6) is 0 Å². The van der Waals surface area contributed by atoms with Crippen molar-refractivity contribution in [3.63, 3.8) is 0 Å². The average molecular weight is 244 g/mol. The molecule has 1 rings (SSSR count). The van der Waals surface area contributed by atoms with Gasteiger partial charge in [-0.2, -0.15) is 0 Å². The second-order valence-corrected chi connectivity index (χ2v) is 5.61. The molecule has 0 aliphatic carbocycles. The maximum absolute atomic E-state index is 12.0. The van der Waals surface area contributed by atoms with Gasteiger partial charge in [0, 0.05) is 12.0 Å². The molecule has 5 heteroatoms. The molecule has 0 aromatic heterocycles. The molecule has 1 amide bonds. The first-order valence-electron chi connectivity index (χ1n) is 6.08. The van der Waals surface area contributed by atoms with Crippen molar-refractivity contribution in [2.45, 2.75) is 46.0 Å². The lowest BCUT2D eigenvalue weighted by atomic mass is 9.85. The van der Waals surface area contributed by atoms with Crippen LogP contribution in [0.2, 0.25) is 0 Å². The highest BCUT2D eigenvalue weighted by molar-refractivity contribution is 5.81. The van der Waals surface area contributed by atoms with Crippen molar-refractivity contribution in [1.29, 1.82) is 0 Å². The summed E-state index contributed by atoms with van der Waals surface area (Å²) in [6, 6.07) is 0. The van der Waals surface area contributed by atoms with E-state index in [-0.39, 0.29) is 11.3 Å². The number of carbonyl (C=O) groups is 1. The summed E-state index contributed by atoms with van der Waals surface area (Å²) in [5, 5.41) is 2.85. The molecule has 17 heavy (non-hydrogen) atoms. The van der Waals surface area contributed by atoms with Crippen LogP contribution in [-0.2, 0) is 14.3 Å². The SMILES string of the molecule is CC1(C)OCC(C)(C)[C@H](C(=O)NCCCN)O1. The number of rotatable bonds is 4. The zero-order valence-electron chi connectivity index (χ0n) is 11.2. The summed E-state index contributed by atoms with van der Waals surface area (Å²) in [7, 11) is 0. The molecule has 1 aliphatic heterocycles. The van der Waals surface area contributed by atoms with Gasteiger partial charge in [0.1, 0.15) is 6.10 Å². The van der Waals surface area contributed by atoms with Gasteiger partial charge in [-0.3, -0.25) is 4.79 Å². The van der Waals surface area contributed by atoms with E-state index in [0.29, 0.717) is 19.7 Å². The van der Waals surface area contributed by atoms with E-state index < -0.39 is 11.9 Å². The maximum atomic E-state index is 12.0.